The highest BCUT2D eigenvalue weighted by molar-refractivity contribution is 9.10. The first-order chi connectivity index (χ1) is 10.4. The highest BCUT2D eigenvalue weighted by Crippen LogP contribution is 2.33. The van der Waals surface area contributed by atoms with E-state index in [0.717, 1.165) is 4.47 Å². The molecule has 0 aromatic heterocycles. The average molecular weight is 372 g/mol. The van der Waals surface area contributed by atoms with Gasteiger partial charge in [0.2, 0.25) is 0 Å². The molecule has 1 N–H and O–H groups in total. The maximum Gasteiger partial charge on any atom is 0.313 e. The number of carboxylic acid groups (broad SMARTS) is 1. The predicted molar refractivity (Wildman–Crippen MR) is 83.2 cm³/mol. The molecule has 2 rings (SSSR count). The number of carboxylic acids is 1. The summed E-state index contributed by atoms with van der Waals surface area (Å²) in [5.74, 6) is -0.713. The monoisotopic (exact) mass is 371 g/mol. The molecular weight excluding hydrogens is 354 g/mol. The fourth-order valence-corrected chi connectivity index (χ4v) is 3.03. The Kier molecular flexibility index (Phi) is 5.08. The Morgan fingerprint density at radius 3 is 2.73 bits per heavy atom. The Balaban J connectivity index is 2.23. The van der Waals surface area contributed by atoms with Crippen LogP contribution in [0.1, 0.15) is 16.8 Å². The van der Waals surface area contributed by atoms with Gasteiger partial charge in [0.25, 0.3) is 5.91 Å². The van der Waals surface area contributed by atoms with E-state index in [1.807, 2.05) is 0 Å². The van der Waals surface area contributed by atoms with Gasteiger partial charge in [0.15, 0.2) is 0 Å². The van der Waals surface area contributed by atoms with E-state index in [1.54, 1.807) is 23.1 Å². The zero-order chi connectivity index (χ0) is 16.3. The molecule has 1 amide bonds. The van der Waals surface area contributed by atoms with Crippen LogP contribution in [0.4, 0.5) is 0 Å². The second-order valence-electron chi connectivity index (χ2n) is 5.34. The lowest BCUT2D eigenvalue weighted by atomic mass is 9.88. The Morgan fingerprint density at radius 1 is 1.41 bits per heavy atom. The van der Waals surface area contributed by atoms with Crippen LogP contribution in [0.25, 0.3) is 0 Å². The molecule has 0 saturated carbocycles. The Hall–Kier alpha value is -1.60. The minimum absolute atomic E-state index is 0.0869. The number of benzene rings is 1. The van der Waals surface area contributed by atoms with Crippen molar-refractivity contribution in [1.82, 2.24) is 4.90 Å². The molecule has 22 heavy (non-hydrogen) atoms. The molecule has 7 heteroatoms. The molecule has 120 valence electrons. The van der Waals surface area contributed by atoms with E-state index in [2.05, 4.69) is 15.9 Å². The zero-order valence-corrected chi connectivity index (χ0v) is 14.1. The van der Waals surface area contributed by atoms with E-state index >= 15 is 0 Å². The predicted octanol–water partition coefficient (Wildman–Crippen LogP) is 2.02. The van der Waals surface area contributed by atoms with E-state index in [4.69, 9.17) is 9.47 Å². The molecule has 1 aliphatic rings. The lowest BCUT2D eigenvalue weighted by Crippen LogP contribution is -2.40. The van der Waals surface area contributed by atoms with Gasteiger partial charge in [0, 0.05) is 24.7 Å². The molecule has 1 aromatic rings. The molecule has 0 aliphatic carbocycles. The summed E-state index contributed by atoms with van der Waals surface area (Å²) in [6, 6.07) is 5.14. The standard InChI is InChI=1S/C15H18BrNO5/c1-21-9-15(14(19)20)5-6-17(8-15)13(18)11-4-3-10(16)7-12(11)22-2/h3-4,7H,5-6,8-9H2,1-2H3,(H,19,20). The van der Waals surface area contributed by atoms with Crippen LogP contribution >= 0.6 is 15.9 Å². The molecule has 0 bridgehead atoms. The summed E-state index contributed by atoms with van der Waals surface area (Å²) in [6.45, 7) is 0.603. The van der Waals surface area contributed by atoms with Crippen LogP contribution < -0.4 is 4.74 Å². The largest absolute Gasteiger partial charge is 0.496 e. The maximum atomic E-state index is 12.6. The van der Waals surface area contributed by atoms with E-state index in [1.165, 1.54) is 14.2 Å². The first-order valence-corrected chi connectivity index (χ1v) is 7.58. The lowest BCUT2D eigenvalue weighted by Gasteiger charge is -2.24. The van der Waals surface area contributed by atoms with Crippen molar-refractivity contribution in [2.75, 3.05) is 33.9 Å². The summed E-state index contributed by atoms with van der Waals surface area (Å²) in [5.41, 5.74) is -0.614. The van der Waals surface area contributed by atoms with Crippen molar-refractivity contribution < 1.29 is 24.2 Å². The molecule has 1 atom stereocenters. The average Bonchev–Trinajstić information content (AvgIpc) is 2.92. The number of likely N-dealkylation sites (tertiary alicyclic amines) is 1. The third kappa shape index (κ3) is 3.10. The van der Waals surface area contributed by atoms with Gasteiger partial charge >= 0.3 is 5.97 Å². The molecule has 1 fully saturated rings. The molecule has 1 unspecified atom stereocenters. The summed E-state index contributed by atoms with van der Waals surface area (Å²) >= 11 is 3.33. The van der Waals surface area contributed by atoms with E-state index < -0.39 is 11.4 Å². The van der Waals surface area contributed by atoms with Crippen molar-refractivity contribution in [3.05, 3.63) is 28.2 Å². The number of hydrogen-bond acceptors (Lipinski definition) is 4. The highest BCUT2D eigenvalue weighted by Gasteiger charge is 2.46. The normalized spacial score (nSPS) is 21.0. The van der Waals surface area contributed by atoms with Crippen molar-refractivity contribution in [3.8, 4) is 5.75 Å². The van der Waals surface area contributed by atoms with Gasteiger partial charge in [-0.1, -0.05) is 15.9 Å². The Morgan fingerprint density at radius 2 is 2.14 bits per heavy atom. The SMILES string of the molecule is COCC1(C(=O)O)CCN(C(=O)c2ccc(Br)cc2OC)C1. The summed E-state index contributed by atoms with van der Waals surface area (Å²) in [7, 11) is 2.96. The van der Waals surface area contributed by atoms with Gasteiger partial charge in [0.05, 0.1) is 19.3 Å². The van der Waals surface area contributed by atoms with Gasteiger partial charge in [0.1, 0.15) is 11.2 Å². The number of halogens is 1. The van der Waals surface area contributed by atoms with Gasteiger partial charge in [-0.15, -0.1) is 0 Å². The second-order valence-corrected chi connectivity index (χ2v) is 6.26. The minimum Gasteiger partial charge on any atom is -0.496 e. The summed E-state index contributed by atoms with van der Waals surface area (Å²) in [6.07, 6.45) is 0.376. The van der Waals surface area contributed by atoms with E-state index in [9.17, 15) is 14.7 Å². The molecular formula is C15H18BrNO5. The maximum absolute atomic E-state index is 12.6. The van der Waals surface area contributed by atoms with Crippen molar-refractivity contribution in [1.29, 1.82) is 0 Å². The summed E-state index contributed by atoms with van der Waals surface area (Å²) < 4.78 is 11.1. The van der Waals surface area contributed by atoms with Gasteiger partial charge in [-0.3, -0.25) is 9.59 Å². The van der Waals surface area contributed by atoms with Crippen LogP contribution in [-0.2, 0) is 9.53 Å². The molecule has 1 saturated heterocycles. The quantitative estimate of drug-likeness (QED) is 0.856. The third-order valence-electron chi connectivity index (χ3n) is 3.91. The van der Waals surface area contributed by atoms with Crippen LogP contribution in [0, 0.1) is 5.41 Å². The first kappa shape index (κ1) is 16.8. The van der Waals surface area contributed by atoms with Crippen LogP contribution in [0.15, 0.2) is 22.7 Å². The molecule has 0 radical (unpaired) electrons. The number of ether oxygens (including phenoxy) is 2. The van der Waals surface area contributed by atoms with Gasteiger partial charge in [-0.2, -0.15) is 0 Å². The van der Waals surface area contributed by atoms with Crippen LogP contribution in [0.3, 0.4) is 0 Å². The van der Waals surface area contributed by atoms with E-state index in [-0.39, 0.29) is 19.1 Å². The molecule has 1 aliphatic heterocycles. The molecule has 1 heterocycles. The molecule has 0 spiro atoms. The highest BCUT2D eigenvalue weighted by atomic mass is 79.9. The van der Waals surface area contributed by atoms with Crippen molar-refractivity contribution in [2.45, 2.75) is 6.42 Å². The number of rotatable bonds is 5. The topological polar surface area (TPSA) is 76.1 Å². The number of nitrogens with zero attached hydrogens (tertiary/aromatic N) is 1. The Bertz CT molecular complexity index is 591. The molecule has 6 nitrogen and oxygen atoms in total. The van der Waals surface area contributed by atoms with Crippen LogP contribution in [-0.4, -0.2) is 55.8 Å². The zero-order valence-electron chi connectivity index (χ0n) is 12.5. The number of methoxy groups -OCH3 is 2. The number of carbonyl (C=O) groups is 2. The second kappa shape index (κ2) is 6.66. The number of amides is 1. The smallest absolute Gasteiger partial charge is 0.313 e. The van der Waals surface area contributed by atoms with Crippen molar-refractivity contribution in [2.24, 2.45) is 5.41 Å². The number of hydrogen-bond donors (Lipinski definition) is 1. The lowest BCUT2D eigenvalue weighted by molar-refractivity contribution is -0.151. The minimum atomic E-state index is -1.03. The van der Waals surface area contributed by atoms with Crippen molar-refractivity contribution in [3.63, 3.8) is 0 Å². The summed E-state index contributed by atoms with van der Waals surface area (Å²) in [4.78, 5) is 25.7. The van der Waals surface area contributed by atoms with Gasteiger partial charge in [-0.25, -0.2) is 0 Å². The van der Waals surface area contributed by atoms with Crippen molar-refractivity contribution >= 4 is 27.8 Å². The number of carbonyl (C=O) groups excluding carboxylic acids is 1. The van der Waals surface area contributed by atoms with Gasteiger partial charge in [-0.05, 0) is 24.6 Å². The number of aliphatic carboxylic acids is 1. The van der Waals surface area contributed by atoms with E-state index in [0.29, 0.717) is 24.3 Å². The fraction of sp³-hybridized carbons (Fsp3) is 0.467. The summed E-state index contributed by atoms with van der Waals surface area (Å²) in [5, 5.41) is 9.45. The fourth-order valence-electron chi connectivity index (χ4n) is 2.69. The van der Waals surface area contributed by atoms with Crippen LogP contribution in [0.2, 0.25) is 0 Å². The van der Waals surface area contributed by atoms with Crippen LogP contribution in [0.5, 0.6) is 5.75 Å². The first-order valence-electron chi connectivity index (χ1n) is 6.78. The third-order valence-corrected chi connectivity index (χ3v) is 4.40. The molecule has 1 aromatic carbocycles. The Labute approximate surface area is 137 Å². The van der Waals surface area contributed by atoms with Gasteiger partial charge < -0.3 is 19.5 Å².